The third-order valence-corrected chi connectivity index (χ3v) is 3.18. The highest BCUT2D eigenvalue weighted by Crippen LogP contribution is 2.29. The van der Waals surface area contributed by atoms with Gasteiger partial charge in [0.05, 0.1) is 10.7 Å². The molecule has 0 spiro atoms. The summed E-state index contributed by atoms with van der Waals surface area (Å²) in [5.74, 6) is 6.28. The van der Waals surface area contributed by atoms with Crippen LogP contribution in [0.25, 0.3) is 0 Å². The highest BCUT2D eigenvalue weighted by Gasteiger charge is 2.18. The highest BCUT2D eigenvalue weighted by atomic mass is 79.9. The molecule has 1 aromatic heterocycles. The van der Waals surface area contributed by atoms with Gasteiger partial charge in [-0.3, -0.25) is 5.84 Å². The second-order valence-electron chi connectivity index (χ2n) is 3.28. The summed E-state index contributed by atoms with van der Waals surface area (Å²) in [7, 11) is 0. The maximum absolute atomic E-state index is 5.83. The summed E-state index contributed by atoms with van der Waals surface area (Å²) in [6.07, 6.45) is 1.61. The molecule has 0 fully saturated rings. The number of hydrogen-bond acceptors (Lipinski definition) is 3. The predicted molar refractivity (Wildman–Crippen MR) is 67.0 cm³/mol. The maximum Gasteiger partial charge on any atom is 0.140 e. The van der Waals surface area contributed by atoms with E-state index < -0.39 is 0 Å². The minimum absolute atomic E-state index is 0.193. The fourth-order valence-electron chi connectivity index (χ4n) is 1.49. The largest absolute Gasteiger partial charge is 0.466 e. The standard InChI is InChI=1S/C11H10BrClN2O/c12-9-5-6-16-11(9)10(15-14)7-1-3-8(13)4-2-7/h1-6,10,15H,14H2. The van der Waals surface area contributed by atoms with E-state index >= 15 is 0 Å². The van der Waals surface area contributed by atoms with E-state index in [9.17, 15) is 0 Å². The van der Waals surface area contributed by atoms with Gasteiger partial charge in [-0.2, -0.15) is 0 Å². The molecule has 3 N–H and O–H groups in total. The molecule has 1 heterocycles. The Balaban J connectivity index is 2.37. The lowest BCUT2D eigenvalue weighted by molar-refractivity contribution is 0.450. The molecule has 0 radical (unpaired) electrons. The zero-order chi connectivity index (χ0) is 11.5. The Morgan fingerprint density at radius 3 is 2.44 bits per heavy atom. The van der Waals surface area contributed by atoms with Crippen molar-refractivity contribution in [2.45, 2.75) is 6.04 Å². The van der Waals surface area contributed by atoms with Crippen LogP contribution in [0.2, 0.25) is 5.02 Å². The van der Waals surface area contributed by atoms with Gasteiger partial charge >= 0.3 is 0 Å². The molecule has 3 nitrogen and oxygen atoms in total. The van der Waals surface area contributed by atoms with Crippen LogP contribution in [-0.4, -0.2) is 0 Å². The van der Waals surface area contributed by atoms with Gasteiger partial charge in [-0.15, -0.1) is 0 Å². The van der Waals surface area contributed by atoms with Crippen molar-refractivity contribution in [1.82, 2.24) is 5.43 Å². The van der Waals surface area contributed by atoms with Gasteiger partial charge in [-0.05, 0) is 39.7 Å². The van der Waals surface area contributed by atoms with E-state index in [0.717, 1.165) is 15.8 Å². The van der Waals surface area contributed by atoms with Gasteiger partial charge in [0, 0.05) is 5.02 Å². The maximum atomic E-state index is 5.83. The number of furan rings is 1. The van der Waals surface area contributed by atoms with Gasteiger partial charge < -0.3 is 4.42 Å². The predicted octanol–water partition coefficient (Wildman–Crippen LogP) is 3.25. The molecule has 2 rings (SSSR count). The van der Waals surface area contributed by atoms with Crippen LogP contribution in [-0.2, 0) is 0 Å². The molecule has 0 saturated carbocycles. The van der Waals surface area contributed by atoms with Gasteiger partial charge in [0.1, 0.15) is 11.8 Å². The third-order valence-electron chi connectivity index (χ3n) is 2.28. The van der Waals surface area contributed by atoms with Crippen molar-refractivity contribution >= 4 is 27.5 Å². The van der Waals surface area contributed by atoms with E-state index in [1.165, 1.54) is 0 Å². The quantitative estimate of drug-likeness (QED) is 0.676. The average Bonchev–Trinajstić information content (AvgIpc) is 2.69. The molecule has 0 amide bonds. The van der Waals surface area contributed by atoms with Gasteiger partial charge in [-0.25, -0.2) is 5.43 Å². The molecule has 2 aromatic rings. The zero-order valence-electron chi connectivity index (χ0n) is 8.28. The summed E-state index contributed by atoms with van der Waals surface area (Å²) in [5, 5.41) is 0.693. The van der Waals surface area contributed by atoms with Gasteiger partial charge in [-0.1, -0.05) is 23.7 Å². The lowest BCUT2D eigenvalue weighted by Gasteiger charge is -2.14. The summed E-state index contributed by atoms with van der Waals surface area (Å²) in [6.45, 7) is 0. The smallest absolute Gasteiger partial charge is 0.140 e. The molecule has 0 bridgehead atoms. The van der Waals surface area contributed by atoms with Crippen molar-refractivity contribution in [2.24, 2.45) is 5.84 Å². The molecule has 16 heavy (non-hydrogen) atoms. The average molecular weight is 302 g/mol. The van der Waals surface area contributed by atoms with E-state index in [-0.39, 0.29) is 6.04 Å². The van der Waals surface area contributed by atoms with Gasteiger partial charge in [0.25, 0.3) is 0 Å². The number of benzene rings is 1. The van der Waals surface area contributed by atoms with Crippen molar-refractivity contribution in [3.8, 4) is 0 Å². The Bertz CT molecular complexity index is 469. The number of nitrogens with one attached hydrogen (secondary N) is 1. The summed E-state index contributed by atoms with van der Waals surface area (Å²) in [5.41, 5.74) is 3.70. The Morgan fingerprint density at radius 2 is 1.94 bits per heavy atom. The van der Waals surface area contributed by atoms with E-state index in [4.69, 9.17) is 21.9 Å². The first kappa shape index (κ1) is 11.7. The van der Waals surface area contributed by atoms with Crippen molar-refractivity contribution in [2.75, 3.05) is 0 Å². The fourth-order valence-corrected chi connectivity index (χ4v) is 2.05. The summed E-state index contributed by atoms with van der Waals surface area (Å²) in [6, 6.07) is 9.08. The molecule has 5 heteroatoms. The van der Waals surface area contributed by atoms with Crippen LogP contribution in [0.3, 0.4) is 0 Å². The van der Waals surface area contributed by atoms with Crippen LogP contribution in [0.5, 0.6) is 0 Å². The Hall–Kier alpha value is -0.810. The highest BCUT2D eigenvalue weighted by molar-refractivity contribution is 9.10. The summed E-state index contributed by atoms with van der Waals surface area (Å²) < 4.78 is 6.26. The summed E-state index contributed by atoms with van der Waals surface area (Å²) >= 11 is 9.24. The van der Waals surface area contributed by atoms with Crippen molar-refractivity contribution in [1.29, 1.82) is 0 Å². The number of halogens is 2. The van der Waals surface area contributed by atoms with Crippen molar-refractivity contribution < 1.29 is 4.42 Å². The molecular weight excluding hydrogens is 291 g/mol. The first-order valence-electron chi connectivity index (χ1n) is 4.67. The lowest BCUT2D eigenvalue weighted by Crippen LogP contribution is -2.28. The Morgan fingerprint density at radius 1 is 1.25 bits per heavy atom. The molecule has 0 saturated heterocycles. The summed E-state index contributed by atoms with van der Waals surface area (Å²) in [4.78, 5) is 0. The molecule has 0 aliphatic rings. The number of nitrogens with two attached hydrogens (primary N) is 1. The zero-order valence-corrected chi connectivity index (χ0v) is 10.6. The van der Waals surface area contributed by atoms with Crippen molar-refractivity contribution in [3.05, 3.63) is 57.4 Å². The topological polar surface area (TPSA) is 51.2 Å². The van der Waals surface area contributed by atoms with Crippen molar-refractivity contribution in [3.63, 3.8) is 0 Å². The normalized spacial score (nSPS) is 12.7. The number of hydrogen-bond donors (Lipinski definition) is 2. The number of rotatable bonds is 3. The minimum atomic E-state index is -0.193. The third kappa shape index (κ3) is 2.30. The molecule has 1 unspecified atom stereocenters. The van der Waals surface area contributed by atoms with E-state index in [1.54, 1.807) is 6.26 Å². The van der Waals surface area contributed by atoms with Gasteiger partial charge in [0.15, 0.2) is 0 Å². The SMILES string of the molecule is NNC(c1ccc(Cl)cc1)c1occc1Br. The molecule has 0 aliphatic carbocycles. The monoisotopic (exact) mass is 300 g/mol. The molecule has 0 aliphatic heterocycles. The van der Waals surface area contributed by atoms with Crippen LogP contribution < -0.4 is 11.3 Å². The van der Waals surface area contributed by atoms with E-state index in [0.29, 0.717) is 5.02 Å². The van der Waals surface area contributed by atoms with Crippen LogP contribution in [0.1, 0.15) is 17.4 Å². The van der Waals surface area contributed by atoms with Crippen LogP contribution >= 0.6 is 27.5 Å². The van der Waals surface area contributed by atoms with Crippen LogP contribution in [0.4, 0.5) is 0 Å². The first-order chi connectivity index (χ1) is 7.72. The van der Waals surface area contributed by atoms with E-state index in [2.05, 4.69) is 21.4 Å². The minimum Gasteiger partial charge on any atom is -0.466 e. The fraction of sp³-hybridized carbons (Fsp3) is 0.0909. The first-order valence-corrected chi connectivity index (χ1v) is 5.84. The number of hydrazine groups is 1. The van der Waals surface area contributed by atoms with E-state index in [1.807, 2.05) is 30.3 Å². The molecule has 1 aromatic carbocycles. The Labute approximate surface area is 107 Å². The lowest BCUT2D eigenvalue weighted by atomic mass is 10.1. The molecule has 84 valence electrons. The Kier molecular flexibility index (Phi) is 3.66. The second kappa shape index (κ2) is 5.01. The van der Waals surface area contributed by atoms with Gasteiger partial charge in [0.2, 0.25) is 0 Å². The van der Waals surface area contributed by atoms with Crippen LogP contribution in [0.15, 0.2) is 45.5 Å². The van der Waals surface area contributed by atoms with Crippen LogP contribution in [0, 0.1) is 0 Å². The second-order valence-corrected chi connectivity index (χ2v) is 4.57. The molecule has 1 atom stereocenters. The molecular formula is C11H10BrClN2O.